The molecule has 0 aliphatic rings. The summed E-state index contributed by atoms with van der Waals surface area (Å²) in [6.45, 7) is -0.785. The second kappa shape index (κ2) is 7.30. The molecule has 0 bridgehead atoms. The van der Waals surface area contributed by atoms with Gasteiger partial charge in [-0.2, -0.15) is 0 Å². The lowest BCUT2D eigenvalue weighted by Gasteiger charge is -2.29. The first-order valence-electron chi connectivity index (χ1n) is 5.94. The van der Waals surface area contributed by atoms with Crippen molar-refractivity contribution < 1.29 is 24.8 Å². The van der Waals surface area contributed by atoms with E-state index in [0.29, 0.717) is 18.0 Å². The fraction of sp³-hybridized carbons (Fsp3) is 0.538. The maximum Gasteiger partial charge on any atom is 0.165 e. The predicted octanol–water partition coefficient (Wildman–Crippen LogP) is -0.491. The molecule has 1 rings (SSSR count). The summed E-state index contributed by atoms with van der Waals surface area (Å²) < 4.78 is 10.5. The fourth-order valence-electron chi connectivity index (χ4n) is 1.69. The van der Waals surface area contributed by atoms with Crippen molar-refractivity contribution >= 4 is 0 Å². The third-order valence-electron chi connectivity index (χ3n) is 3.05. The van der Waals surface area contributed by atoms with Gasteiger partial charge in [0.15, 0.2) is 11.5 Å². The number of methoxy groups -OCH3 is 2. The Morgan fingerprint density at radius 3 is 2.16 bits per heavy atom. The zero-order valence-corrected chi connectivity index (χ0v) is 11.2. The van der Waals surface area contributed by atoms with Gasteiger partial charge in [0.05, 0.1) is 39.6 Å². The molecular weight excluding hydrogens is 250 g/mol. The molecule has 1 aromatic carbocycles. The molecule has 0 amide bonds. The summed E-state index contributed by atoms with van der Waals surface area (Å²) in [4.78, 5) is 0. The summed E-state index contributed by atoms with van der Waals surface area (Å²) in [6, 6.07) is 5.43. The molecule has 0 saturated carbocycles. The van der Waals surface area contributed by atoms with Crippen LogP contribution in [0.2, 0.25) is 0 Å². The van der Waals surface area contributed by atoms with Gasteiger partial charge in [0.1, 0.15) is 0 Å². The zero-order chi connectivity index (χ0) is 14.3. The summed E-state index contributed by atoms with van der Waals surface area (Å²) in [7, 11) is 3.09. The van der Waals surface area contributed by atoms with Crippen molar-refractivity contribution in [3.05, 3.63) is 23.8 Å². The van der Waals surface area contributed by atoms with Gasteiger partial charge in [-0.1, -0.05) is 12.1 Å². The van der Waals surface area contributed by atoms with Gasteiger partial charge in [-0.3, -0.25) is 0 Å². The van der Waals surface area contributed by atoms with Gasteiger partial charge < -0.3 is 30.1 Å². The first-order chi connectivity index (χ1) is 9.16. The molecule has 0 aliphatic carbocycles. The van der Waals surface area contributed by atoms with Crippen molar-refractivity contribution in [3.63, 3.8) is 0 Å². The normalized spacial score (nSPS) is 11.4. The van der Waals surface area contributed by atoms with Crippen LogP contribution in [-0.4, -0.2) is 54.9 Å². The topological polar surface area (TPSA) is 91.2 Å². The second-order valence-electron chi connectivity index (χ2n) is 4.26. The highest BCUT2D eigenvalue weighted by Gasteiger charge is 2.27. The molecule has 108 valence electrons. The van der Waals surface area contributed by atoms with E-state index in [0.717, 1.165) is 5.56 Å². The Morgan fingerprint density at radius 1 is 1.05 bits per heavy atom. The number of rotatable bonds is 8. The standard InChI is InChI=1S/C13H21NO5/c1-18-11-5-3-4-10(12(11)19-2)6-14-13(7-15,8-16)9-17/h3-5,14-17H,6-9H2,1-2H3. The van der Waals surface area contributed by atoms with Crippen molar-refractivity contribution in [2.45, 2.75) is 12.1 Å². The van der Waals surface area contributed by atoms with Crippen LogP contribution in [0, 0.1) is 0 Å². The maximum atomic E-state index is 9.24. The van der Waals surface area contributed by atoms with E-state index >= 15 is 0 Å². The van der Waals surface area contributed by atoms with Gasteiger partial charge in [0, 0.05) is 12.1 Å². The van der Waals surface area contributed by atoms with Crippen LogP contribution < -0.4 is 14.8 Å². The molecule has 0 atom stereocenters. The van der Waals surface area contributed by atoms with Crippen molar-refractivity contribution in [2.75, 3.05) is 34.0 Å². The maximum absolute atomic E-state index is 9.24. The number of hydrogen-bond donors (Lipinski definition) is 4. The Balaban J connectivity index is 2.88. The van der Waals surface area contributed by atoms with Gasteiger partial charge in [-0.15, -0.1) is 0 Å². The second-order valence-corrected chi connectivity index (χ2v) is 4.26. The number of para-hydroxylation sites is 1. The molecule has 0 aliphatic heterocycles. The van der Waals surface area contributed by atoms with E-state index in [4.69, 9.17) is 9.47 Å². The van der Waals surface area contributed by atoms with E-state index in [2.05, 4.69) is 5.32 Å². The number of nitrogens with one attached hydrogen (secondary N) is 1. The molecule has 0 saturated heterocycles. The Labute approximate surface area is 112 Å². The minimum Gasteiger partial charge on any atom is -0.493 e. The van der Waals surface area contributed by atoms with E-state index in [1.165, 1.54) is 0 Å². The Morgan fingerprint density at radius 2 is 1.68 bits per heavy atom. The number of hydrogen-bond acceptors (Lipinski definition) is 6. The highest BCUT2D eigenvalue weighted by Crippen LogP contribution is 2.30. The van der Waals surface area contributed by atoms with Crippen LogP contribution in [-0.2, 0) is 6.54 Å². The SMILES string of the molecule is COc1cccc(CNC(CO)(CO)CO)c1OC. The molecule has 6 nitrogen and oxygen atoms in total. The molecule has 0 spiro atoms. The predicted molar refractivity (Wildman–Crippen MR) is 70.4 cm³/mol. The van der Waals surface area contributed by atoms with Crippen LogP contribution in [0.4, 0.5) is 0 Å². The van der Waals surface area contributed by atoms with Crippen molar-refractivity contribution in [1.82, 2.24) is 5.32 Å². The highest BCUT2D eigenvalue weighted by molar-refractivity contribution is 5.46. The lowest BCUT2D eigenvalue weighted by molar-refractivity contribution is 0.0412. The average molecular weight is 271 g/mol. The first kappa shape index (κ1) is 15.7. The highest BCUT2D eigenvalue weighted by atomic mass is 16.5. The average Bonchev–Trinajstić information content (AvgIpc) is 2.48. The monoisotopic (exact) mass is 271 g/mol. The number of benzene rings is 1. The first-order valence-corrected chi connectivity index (χ1v) is 5.94. The third kappa shape index (κ3) is 3.57. The summed E-state index contributed by atoms with van der Waals surface area (Å²) in [6.07, 6.45) is 0. The Hall–Kier alpha value is -1.34. The van der Waals surface area contributed by atoms with Crippen molar-refractivity contribution in [3.8, 4) is 11.5 Å². The van der Waals surface area contributed by atoms with Crippen LogP contribution in [0.5, 0.6) is 11.5 Å². The van der Waals surface area contributed by atoms with Gasteiger partial charge in [-0.05, 0) is 6.07 Å². The smallest absolute Gasteiger partial charge is 0.165 e. The van der Waals surface area contributed by atoms with E-state index in [-0.39, 0.29) is 19.8 Å². The molecule has 19 heavy (non-hydrogen) atoms. The summed E-state index contributed by atoms with van der Waals surface area (Å²) in [5, 5.41) is 30.7. The van der Waals surface area contributed by atoms with E-state index in [1.54, 1.807) is 20.3 Å². The van der Waals surface area contributed by atoms with Crippen LogP contribution in [0.1, 0.15) is 5.56 Å². The summed E-state index contributed by atoms with van der Waals surface area (Å²) in [5.74, 6) is 1.18. The quantitative estimate of drug-likeness (QED) is 0.510. The summed E-state index contributed by atoms with van der Waals surface area (Å²) in [5.41, 5.74) is -0.310. The summed E-state index contributed by atoms with van der Waals surface area (Å²) >= 11 is 0. The molecule has 6 heteroatoms. The van der Waals surface area contributed by atoms with Crippen LogP contribution in [0.15, 0.2) is 18.2 Å². The van der Waals surface area contributed by atoms with Gasteiger partial charge in [0.2, 0.25) is 0 Å². The lowest BCUT2D eigenvalue weighted by atomic mass is 10.0. The molecule has 0 unspecified atom stereocenters. The van der Waals surface area contributed by atoms with Crippen molar-refractivity contribution in [2.24, 2.45) is 0 Å². The molecule has 1 aromatic rings. The fourth-order valence-corrected chi connectivity index (χ4v) is 1.69. The molecule has 0 radical (unpaired) electrons. The molecule has 0 heterocycles. The number of aliphatic hydroxyl groups excluding tert-OH is 3. The molecule has 0 aromatic heterocycles. The van der Waals surface area contributed by atoms with E-state index in [9.17, 15) is 15.3 Å². The zero-order valence-electron chi connectivity index (χ0n) is 11.2. The van der Waals surface area contributed by atoms with Crippen LogP contribution in [0.3, 0.4) is 0 Å². The lowest BCUT2D eigenvalue weighted by Crippen LogP contribution is -2.54. The largest absolute Gasteiger partial charge is 0.493 e. The number of aliphatic hydroxyl groups is 3. The van der Waals surface area contributed by atoms with Crippen LogP contribution >= 0.6 is 0 Å². The van der Waals surface area contributed by atoms with Gasteiger partial charge in [0.25, 0.3) is 0 Å². The Kier molecular flexibility index (Phi) is 6.04. The minimum atomic E-state index is -1.12. The van der Waals surface area contributed by atoms with E-state index in [1.807, 2.05) is 12.1 Å². The molecule has 4 N–H and O–H groups in total. The van der Waals surface area contributed by atoms with Crippen molar-refractivity contribution in [1.29, 1.82) is 0 Å². The van der Waals surface area contributed by atoms with Gasteiger partial charge in [-0.25, -0.2) is 0 Å². The van der Waals surface area contributed by atoms with Crippen LogP contribution in [0.25, 0.3) is 0 Å². The number of ether oxygens (including phenoxy) is 2. The third-order valence-corrected chi connectivity index (χ3v) is 3.05. The molecular formula is C13H21NO5. The minimum absolute atomic E-state index is 0.321. The Bertz CT molecular complexity index is 384. The van der Waals surface area contributed by atoms with E-state index < -0.39 is 5.54 Å². The molecule has 0 fully saturated rings. The van der Waals surface area contributed by atoms with Gasteiger partial charge >= 0.3 is 0 Å².